The number of hydrogen-bond acceptors (Lipinski definition) is 5. The first kappa shape index (κ1) is 29.8. The van der Waals surface area contributed by atoms with E-state index in [1.165, 1.54) is 11.1 Å². The maximum Gasteiger partial charge on any atom is 0.384 e. The van der Waals surface area contributed by atoms with Gasteiger partial charge in [0.05, 0.1) is 25.4 Å². The summed E-state index contributed by atoms with van der Waals surface area (Å²) in [6.07, 6.45) is 20.3. The minimum Gasteiger partial charge on any atom is -0.449 e. The summed E-state index contributed by atoms with van der Waals surface area (Å²) in [6, 6.07) is 0. The molecule has 0 N–H and O–H groups in total. The number of methoxy groups -OCH3 is 1. The Morgan fingerprint density at radius 1 is 1.28 bits per heavy atom. The molecule has 2 aliphatic rings. The Morgan fingerprint density at radius 2 is 2.11 bits per heavy atom. The van der Waals surface area contributed by atoms with Crippen molar-refractivity contribution in [2.75, 3.05) is 20.3 Å². The van der Waals surface area contributed by atoms with Crippen LogP contribution in [0.15, 0.2) is 60.3 Å². The summed E-state index contributed by atoms with van der Waals surface area (Å²) in [5.41, 5.74) is 2.57. The average Bonchev–Trinajstić information content (AvgIpc) is 2.84. The van der Waals surface area contributed by atoms with Gasteiger partial charge in [0.2, 0.25) is 0 Å². The van der Waals surface area contributed by atoms with Crippen molar-refractivity contribution in [1.82, 2.24) is 0 Å². The lowest BCUT2D eigenvalue weighted by atomic mass is 9.92. The molecule has 36 heavy (non-hydrogen) atoms. The predicted molar refractivity (Wildman–Crippen MR) is 145 cm³/mol. The Bertz CT molecular complexity index is 869. The SMILES string of the molecule is C=C(CC/C=C/CC(OC(=O)C#CC)C(/C=C/C1CC(C)=CCO1)OC)CC(C)CC1CC=CCO1. The molecule has 0 saturated carbocycles. The van der Waals surface area contributed by atoms with Crippen LogP contribution in [0, 0.1) is 17.8 Å². The Hall–Kier alpha value is -2.39. The van der Waals surface area contributed by atoms with Crippen molar-refractivity contribution < 1.29 is 23.7 Å². The van der Waals surface area contributed by atoms with Gasteiger partial charge in [-0.1, -0.05) is 73.1 Å². The lowest BCUT2D eigenvalue weighted by Crippen LogP contribution is -2.31. The third kappa shape index (κ3) is 12.0. The topological polar surface area (TPSA) is 54.0 Å². The molecule has 5 heteroatoms. The average molecular weight is 497 g/mol. The van der Waals surface area contributed by atoms with Gasteiger partial charge in [-0.05, 0) is 58.3 Å². The Morgan fingerprint density at radius 3 is 2.81 bits per heavy atom. The van der Waals surface area contributed by atoms with E-state index >= 15 is 0 Å². The van der Waals surface area contributed by atoms with Crippen LogP contribution in [0.25, 0.3) is 0 Å². The smallest absolute Gasteiger partial charge is 0.384 e. The molecule has 0 amide bonds. The van der Waals surface area contributed by atoms with Gasteiger partial charge in [0.15, 0.2) is 0 Å². The second kappa shape index (κ2) is 17.1. The third-order valence-corrected chi connectivity index (χ3v) is 6.40. The fourth-order valence-electron chi connectivity index (χ4n) is 4.51. The molecule has 5 atom stereocenters. The normalized spacial score (nSPS) is 22.5. The molecule has 198 valence electrons. The predicted octanol–water partition coefficient (Wildman–Crippen LogP) is 6.27. The van der Waals surface area contributed by atoms with Gasteiger partial charge in [0.1, 0.15) is 12.2 Å². The van der Waals surface area contributed by atoms with Crippen molar-refractivity contribution in [2.45, 2.75) is 90.1 Å². The summed E-state index contributed by atoms with van der Waals surface area (Å²) in [5, 5.41) is 0. The summed E-state index contributed by atoms with van der Waals surface area (Å²) in [4.78, 5) is 12.1. The molecule has 0 aromatic carbocycles. The molecule has 0 aromatic rings. The van der Waals surface area contributed by atoms with Crippen LogP contribution in [0.5, 0.6) is 0 Å². The zero-order chi connectivity index (χ0) is 26.2. The number of hydrogen-bond donors (Lipinski definition) is 0. The summed E-state index contributed by atoms with van der Waals surface area (Å²) in [7, 11) is 1.62. The first-order valence-corrected chi connectivity index (χ1v) is 13.1. The number of ether oxygens (including phenoxy) is 4. The highest BCUT2D eigenvalue weighted by Crippen LogP contribution is 2.23. The molecule has 5 nitrogen and oxygen atoms in total. The van der Waals surface area contributed by atoms with Crippen LogP contribution in [0.4, 0.5) is 0 Å². The summed E-state index contributed by atoms with van der Waals surface area (Å²) in [5.74, 6) is 5.07. The third-order valence-electron chi connectivity index (χ3n) is 6.40. The van der Waals surface area contributed by atoms with Crippen molar-refractivity contribution in [1.29, 1.82) is 0 Å². The van der Waals surface area contributed by atoms with Gasteiger partial charge < -0.3 is 18.9 Å². The maximum absolute atomic E-state index is 12.1. The second-order valence-electron chi connectivity index (χ2n) is 9.73. The largest absolute Gasteiger partial charge is 0.449 e. The van der Waals surface area contributed by atoms with Crippen LogP contribution in [0.3, 0.4) is 0 Å². The fourth-order valence-corrected chi connectivity index (χ4v) is 4.51. The first-order valence-electron chi connectivity index (χ1n) is 13.1. The molecule has 0 radical (unpaired) electrons. The highest BCUT2D eigenvalue weighted by molar-refractivity contribution is 5.88. The van der Waals surface area contributed by atoms with E-state index in [2.05, 4.69) is 62.6 Å². The van der Waals surface area contributed by atoms with E-state index in [0.717, 1.165) is 45.1 Å². The van der Waals surface area contributed by atoms with Crippen molar-refractivity contribution in [3.8, 4) is 11.8 Å². The number of carbonyl (C=O) groups is 1. The lowest BCUT2D eigenvalue weighted by Gasteiger charge is -2.23. The number of esters is 1. The number of carbonyl (C=O) groups excluding carboxylic acids is 1. The van der Waals surface area contributed by atoms with Gasteiger partial charge >= 0.3 is 5.97 Å². The van der Waals surface area contributed by atoms with Crippen molar-refractivity contribution in [3.05, 3.63) is 60.3 Å². The monoisotopic (exact) mass is 496 g/mol. The summed E-state index contributed by atoms with van der Waals surface area (Å²) < 4.78 is 22.9. The fraction of sp³-hybridized carbons (Fsp3) is 0.581. The standard InChI is InChI=1S/C31H44O5/c1-6-12-31(32)36-30(29(33-5)17-16-28-22-25(3)18-20-35-28)15-9-7-8-13-24(2)21-26(4)23-27-14-10-11-19-34-27/h7,9-11,16-18,26-30H,2,8,13-15,19-23H2,1,3-5H3/b9-7+,17-16+. The summed E-state index contributed by atoms with van der Waals surface area (Å²) >= 11 is 0. The van der Waals surface area contributed by atoms with Gasteiger partial charge in [-0.15, -0.1) is 0 Å². The van der Waals surface area contributed by atoms with E-state index in [1.54, 1.807) is 14.0 Å². The second-order valence-corrected chi connectivity index (χ2v) is 9.73. The van der Waals surface area contributed by atoms with Crippen LogP contribution in [0.1, 0.15) is 65.7 Å². The lowest BCUT2D eigenvalue weighted by molar-refractivity contribution is -0.146. The molecule has 2 aliphatic heterocycles. The molecule has 0 bridgehead atoms. The van der Waals surface area contributed by atoms with Gasteiger partial charge in [-0.2, -0.15) is 0 Å². The number of rotatable bonds is 14. The van der Waals surface area contributed by atoms with E-state index in [-0.39, 0.29) is 12.2 Å². The zero-order valence-corrected chi connectivity index (χ0v) is 22.5. The molecule has 5 unspecified atom stereocenters. The van der Waals surface area contributed by atoms with Gasteiger partial charge in [-0.3, -0.25) is 0 Å². The molecule has 0 fully saturated rings. The van der Waals surface area contributed by atoms with Crippen LogP contribution >= 0.6 is 0 Å². The maximum atomic E-state index is 12.1. The van der Waals surface area contributed by atoms with Crippen LogP contribution in [-0.2, 0) is 23.7 Å². The van der Waals surface area contributed by atoms with Gasteiger partial charge in [0, 0.05) is 19.5 Å². The Labute approximate surface area is 218 Å². The Balaban J connectivity index is 1.83. The van der Waals surface area contributed by atoms with Gasteiger partial charge in [0.25, 0.3) is 0 Å². The Kier molecular flexibility index (Phi) is 14.2. The molecule has 0 saturated heterocycles. The zero-order valence-electron chi connectivity index (χ0n) is 22.5. The summed E-state index contributed by atoms with van der Waals surface area (Å²) in [6.45, 7) is 11.6. The van der Waals surface area contributed by atoms with Crippen molar-refractivity contribution in [2.24, 2.45) is 5.92 Å². The van der Waals surface area contributed by atoms with E-state index in [9.17, 15) is 4.79 Å². The van der Waals surface area contributed by atoms with Crippen molar-refractivity contribution in [3.63, 3.8) is 0 Å². The van der Waals surface area contributed by atoms with E-state index in [4.69, 9.17) is 18.9 Å². The van der Waals surface area contributed by atoms with E-state index < -0.39 is 12.1 Å². The molecule has 0 aliphatic carbocycles. The van der Waals surface area contributed by atoms with Gasteiger partial charge in [-0.25, -0.2) is 4.79 Å². The molecule has 0 spiro atoms. The number of allylic oxidation sites excluding steroid dienone is 2. The van der Waals surface area contributed by atoms with E-state index in [0.29, 0.717) is 25.0 Å². The highest BCUT2D eigenvalue weighted by Gasteiger charge is 2.22. The minimum absolute atomic E-state index is 0.00419. The van der Waals surface area contributed by atoms with Crippen LogP contribution in [-0.4, -0.2) is 50.7 Å². The minimum atomic E-state index is -0.543. The molecule has 0 aromatic heterocycles. The quantitative estimate of drug-likeness (QED) is 0.123. The highest BCUT2D eigenvalue weighted by atomic mass is 16.6. The van der Waals surface area contributed by atoms with Crippen LogP contribution in [0.2, 0.25) is 0 Å². The molecule has 2 rings (SSSR count). The molecule has 2 heterocycles. The van der Waals surface area contributed by atoms with E-state index in [1.807, 2.05) is 12.2 Å². The van der Waals surface area contributed by atoms with Crippen LogP contribution < -0.4 is 0 Å². The van der Waals surface area contributed by atoms with Crippen molar-refractivity contribution >= 4 is 5.97 Å². The molecular weight excluding hydrogens is 452 g/mol. The first-order chi connectivity index (χ1) is 17.4. The molecular formula is C31H44O5.